The van der Waals surface area contributed by atoms with Crippen molar-refractivity contribution in [2.24, 2.45) is 0 Å². The van der Waals surface area contributed by atoms with Gasteiger partial charge in [0.15, 0.2) is 11.6 Å². The van der Waals surface area contributed by atoms with E-state index in [4.69, 9.17) is 0 Å². The largest absolute Gasteiger partial charge is 0.388 e. The Kier molecular flexibility index (Phi) is 4.81. The van der Waals surface area contributed by atoms with E-state index in [1.165, 1.54) is 6.33 Å². The number of nitrogens with zero attached hydrogens (tertiary/aromatic N) is 2. The molecule has 1 aromatic heterocycles. The van der Waals surface area contributed by atoms with Gasteiger partial charge in [-0.25, -0.2) is 14.4 Å². The molecule has 4 nitrogen and oxygen atoms in total. The standard InChI is InChI=1S/C12H20FN3O/c1-4-9-10(13)11(16-8-15-9)14-7-12(17,5-2)6-3/h8,17H,4-7H2,1-3H3,(H,14,15,16). The molecular weight excluding hydrogens is 221 g/mol. The average molecular weight is 241 g/mol. The second-order valence-corrected chi connectivity index (χ2v) is 4.12. The molecule has 0 atom stereocenters. The van der Waals surface area contributed by atoms with Gasteiger partial charge in [-0.15, -0.1) is 0 Å². The lowest BCUT2D eigenvalue weighted by Crippen LogP contribution is -2.35. The summed E-state index contributed by atoms with van der Waals surface area (Å²) in [6.45, 7) is 5.93. The van der Waals surface area contributed by atoms with Crippen molar-refractivity contribution in [1.82, 2.24) is 9.97 Å². The number of halogens is 1. The number of aryl methyl sites for hydroxylation is 1. The summed E-state index contributed by atoms with van der Waals surface area (Å²) in [5.74, 6) is -0.262. The lowest BCUT2D eigenvalue weighted by Gasteiger charge is -2.25. The monoisotopic (exact) mass is 241 g/mol. The minimum Gasteiger partial charge on any atom is -0.388 e. The van der Waals surface area contributed by atoms with Crippen molar-refractivity contribution in [3.63, 3.8) is 0 Å². The minimum atomic E-state index is -0.816. The minimum absolute atomic E-state index is 0.164. The molecule has 0 aliphatic heterocycles. The van der Waals surface area contributed by atoms with Crippen LogP contribution in [-0.4, -0.2) is 27.2 Å². The van der Waals surface area contributed by atoms with E-state index >= 15 is 0 Å². The molecule has 0 aliphatic carbocycles. The summed E-state index contributed by atoms with van der Waals surface area (Å²) in [5.41, 5.74) is -0.428. The van der Waals surface area contributed by atoms with Crippen LogP contribution in [0.1, 0.15) is 39.3 Å². The Hall–Kier alpha value is -1.23. The van der Waals surface area contributed by atoms with Gasteiger partial charge in [0.1, 0.15) is 6.33 Å². The van der Waals surface area contributed by atoms with E-state index in [1.54, 1.807) is 0 Å². The number of aliphatic hydroxyl groups is 1. The van der Waals surface area contributed by atoms with Crippen LogP contribution in [0.5, 0.6) is 0 Å². The molecule has 0 aliphatic rings. The topological polar surface area (TPSA) is 58.0 Å². The van der Waals surface area contributed by atoms with Crippen molar-refractivity contribution >= 4 is 5.82 Å². The molecule has 0 radical (unpaired) electrons. The molecule has 0 saturated carbocycles. The average Bonchev–Trinajstić information content (AvgIpc) is 2.37. The SMILES string of the molecule is CCc1ncnc(NCC(O)(CC)CC)c1F. The van der Waals surface area contributed by atoms with Crippen molar-refractivity contribution < 1.29 is 9.50 Å². The van der Waals surface area contributed by atoms with Crippen LogP contribution in [0.25, 0.3) is 0 Å². The van der Waals surface area contributed by atoms with E-state index in [0.29, 0.717) is 25.0 Å². The fourth-order valence-corrected chi connectivity index (χ4v) is 1.52. The summed E-state index contributed by atoms with van der Waals surface area (Å²) in [5, 5.41) is 12.9. The molecular formula is C12H20FN3O. The molecule has 0 amide bonds. The predicted octanol–water partition coefficient (Wildman–Crippen LogP) is 2.14. The van der Waals surface area contributed by atoms with Crippen LogP contribution in [0.15, 0.2) is 6.33 Å². The lowest BCUT2D eigenvalue weighted by molar-refractivity contribution is 0.0455. The quantitative estimate of drug-likeness (QED) is 0.801. The first-order chi connectivity index (χ1) is 8.06. The van der Waals surface area contributed by atoms with Crippen molar-refractivity contribution in [3.05, 3.63) is 17.8 Å². The van der Waals surface area contributed by atoms with Gasteiger partial charge in [-0.3, -0.25) is 0 Å². The molecule has 0 fully saturated rings. The third-order valence-electron chi connectivity index (χ3n) is 3.10. The Morgan fingerprint density at radius 3 is 2.47 bits per heavy atom. The van der Waals surface area contributed by atoms with Gasteiger partial charge in [0, 0.05) is 6.54 Å². The molecule has 96 valence electrons. The van der Waals surface area contributed by atoms with E-state index in [9.17, 15) is 9.50 Å². The van der Waals surface area contributed by atoms with E-state index in [0.717, 1.165) is 0 Å². The van der Waals surface area contributed by atoms with Gasteiger partial charge in [0.05, 0.1) is 11.3 Å². The summed E-state index contributed by atoms with van der Waals surface area (Å²) in [6, 6.07) is 0. The van der Waals surface area contributed by atoms with Gasteiger partial charge in [-0.05, 0) is 19.3 Å². The number of nitrogens with one attached hydrogen (secondary N) is 1. The second kappa shape index (κ2) is 5.91. The van der Waals surface area contributed by atoms with Crippen molar-refractivity contribution in [2.75, 3.05) is 11.9 Å². The maximum Gasteiger partial charge on any atom is 0.186 e. The maximum atomic E-state index is 13.8. The molecule has 2 N–H and O–H groups in total. The zero-order chi connectivity index (χ0) is 12.9. The van der Waals surface area contributed by atoms with E-state index < -0.39 is 11.4 Å². The number of anilines is 1. The maximum absolute atomic E-state index is 13.8. The normalized spacial score (nSPS) is 11.6. The Labute approximate surface area is 101 Å². The fourth-order valence-electron chi connectivity index (χ4n) is 1.52. The molecule has 1 aromatic rings. The van der Waals surface area contributed by atoms with Crippen LogP contribution < -0.4 is 5.32 Å². The van der Waals surface area contributed by atoms with Crippen LogP contribution in [0.3, 0.4) is 0 Å². The first kappa shape index (κ1) is 13.8. The summed E-state index contributed by atoms with van der Waals surface area (Å²) in [4.78, 5) is 7.70. The Balaban J connectivity index is 2.76. The Morgan fingerprint density at radius 2 is 1.94 bits per heavy atom. The van der Waals surface area contributed by atoms with E-state index in [1.807, 2.05) is 20.8 Å². The fraction of sp³-hybridized carbons (Fsp3) is 0.667. The predicted molar refractivity (Wildman–Crippen MR) is 65.4 cm³/mol. The van der Waals surface area contributed by atoms with E-state index in [-0.39, 0.29) is 12.4 Å². The van der Waals surface area contributed by atoms with Gasteiger partial charge < -0.3 is 10.4 Å². The van der Waals surface area contributed by atoms with Crippen molar-refractivity contribution in [3.8, 4) is 0 Å². The molecule has 1 rings (SSSR count). The van der Waals surface area contributed by atoms with Crippen LogP contribution in [-0.2, 0) is 6.42 Å². The Morgan fingerprint density at radius 1 is 1.29 bits per heavy atom. The zero-order valence-corrected chi connectivity index (χ0v) is 10.6. The summed E-state index contributed by atoms with van der Waals surface area (Å²) >= 11 is 0. The van der Waals surface area contributed by atoms with Gasteiger partial charge in [-0.2, -0.15) is 0 Å². The van der Waals surface area contributed by atoms with Crippen molar-refractivity contribution in [2.45, 2.75) is 45.6 Å². The molecule has 0 aromatic carbocycles. The molecule has 0 unspecified atom stereocenters. The molecule has 0 bridgehead atoms. The third kappa shape index (κ3) is 3.36. The van der Waals surface area contributed by atoms with Gasteiger partial charge in [0.2, 0.25) is 0 Å². The molecule has 1 heterocycles. The van der Waals surface area contributed by atoms with Crippen LogP contribution >= 0.6 is 0 Å². The van der Waals surface area contributed by atoms with Gasteiger partial charge in [-0.1, -0.05) is 20.8 Å². The molecule has 5 heteroatoms. The van der Waals surface area contributed by atoms with Gasteiger partial charge in [0.25, 0.3) is 0 Å². The lowest BCUT2D eigenvalue weighted by atomic mass is 9.98. The first-order valence-corrected chi connectivity index (χ1v) is 6.02. The first-order valence-electron chi connectivity index (χ1n) is 6.02. The van der Waals surface area contributed by atoms with Gasteiger partial charge >= 0.3 is 0 Å². The highest BCUT2D eigenvalue weighted by Gasteiger charge is 2.22. The molecule has 0 spiro atoms. The van der Waals surface area contributed by atoms with Crippen LogP contribution in [0.4, 0.5) is 10.2 Å². The number of hydrogen-bond donors (Lipinski definition) is 2. The second-order valence-electron chi connectivity index (χ2n) is 4.12. The van der Waals surface area contributed by atoms with Crippen LogP contribution in [0, 0.1) is 5.82 Å². The smallest absolute Gasteiger partial charge is 0.186 e. The highest BCUT2D eigenvalue weighted by molar-refractivity contribution is 5.37. The number of rotatable bonds is 6. The summed E-state index contributed by atoms with van der Waals surface area (Å²) in [7, 11) is 0. The summed E-state index contributed by atoms with van der Waals surface area (Å²) < 4.78 is 13.8. The highest BCUT2D eigenvalue weighted by Crippen LogP contribution is 2.18. The summed E-state index contributed by atoms with van der Waals surface area (Å²) in [6.07, 6.45) is 3.09. The molecule has 17 heavy (non-hydrogen) atoms. The third-order valence-corrected chi connectivity index (χ3v) is 3.10. The Bertz CT molecular complexity index is 367. The highest BCUT2D eigenvalue weighted by atomic mass is 19.1. The number of aromatic nitrogens is 2. The number of hydrogen-bond acceptors (Lipinski definition) is 4. The van der Waals surface area contributed by atoms with Crippen LogP contribution in [0.2, 0.25) is 0 Å². The van der Waals surface area contributed by atoms with E-state index in [2.05, 4.69) is 15.3 Å². The van der Waals surface area contributed by atoms with Crippen molar-refractivity contribution in [1.29, 1.82) is 0 Å². The zero-order valence-electron chi connectivity index (χ0n) is 10.6. The molecule has 0 saturated heterocycles.